The van der Waals surface area contributed by atoms with Crippen molar-refractivity contribution in [3.8, 4) is 11.3 Å². The van der Waals surface area contributed by atoms with Gasteiger partial charge in [0.15, 0.2) is 0 Å². The molecule has 8 nitrogen and oxygen atoms in total. The quantitative estimate of drug-likeness (QED) is 0.772. The van der Waals surface area contributed by atoms with Crippen LogP contribution >= 0.6 is 0 Å². The van der Waals surface area contributed by atoms with Gasteiger partial charge in [0, 0.05) is 37.7 Å². The third-order valence-corrected chi connectivity index (χ3v) is 5.00. The van der Waals surface area contributed by atoms with Gasteiger partial charge in [-0.15, -0.1) is 0 Å². The Hall–Kier alpha value is -3.00. The number of hydrogen-bond donors (Lipinski definition) is 2. The Morgan fingerprint density at radius 3 is 2.73 bits per heavy atom. The van der Waals surface area contributed by atoms with Gasteiger partial charge >= 0.3 is 0 Å². The topological polar surface area (TPSA) is 110 Å². The summed E-state index contributed by atoms with van der Waals surface area (Å²) in [5.74, 6) is -0.882. The van der Waals surface area contributed by atoms with Gasteiger partial charge in [0.1, 0.15) is 6.04 Å². The number of imide groups is 1. The first-order chi connectivity index (χ1) is 12.5. The molecule has 0 spiro atoms. The average Bonchev–Trinajstić information content (AvgIpc) is 3.15. The van der Waals surface area contributed by atoms with Gasteiger partial charge in [0.25, 0.3) is 5.91 Å². The van der Waals surface area contributed by atoms with Gasteiger partial charge in [-0.3, -0.25) is 24.4 Å². The van der Waals surface area contributed by atoms with Crippen LogP contribution in [0.15, 0.2) is 24.3 Å². The number of piperidine rings is 1. The third kappa shape index (κ3) is 2.50. The molecule has 1 aromatic heterocycles. The fourth-order valence-corrected chi connectivity index (χ4v) is 3.70. The Morgan fingerprint density at radius 1 is 1.27 bits per heavy atom. The van der Waals surface area contributed by atoms with Crippen molar-refractivity contribution < 1.29 is 14.4 Å². The van der Waals surface area contributed by atoms with Crippen LogP contribution in [0.4, 0.5) is 0 Å². The van der Waals surface area contributed by atoms with Crippen LogP contribution in [-0.4, -0.2) is 38.4 Å². The van der Waals surface area contributed by atoms with Crippen molar-refractivity contribution in [3.63, 3.8) is 0 Å². The largest absolute Gasteiger partial charge is 0.325 e. The van der Waals surface area contributed by atoms with E-state index in [0.29, 0.717) is 25.1 Å². The Bertz CT molecular complexity index is 933. The first-order valence-corrected chi connectivity index (χ1v) is 8.49. The number of carbonyl (C=O) groups excluding carboxylic acids is 3. The molecule has 2 aromatic rings. The Balaban J connectivity index is 1.71. The Morgan fingerprint density at radius 2 is 2.04 bits per heavy atom. The van der Waals surface area contributed by atoms with Crippen LogP contribution in [0.5, 0.6) is 0 Å². The van der Waals surface area contributed by atoms with Gasteiger partial charge in [-0.2, -0.15) is 5.10 Å². The van der Waals surface area contributed by atoms with E-state index in [-0.39, 0.29) is 18.2 Å². The number of fused-ring (bicyclic) bond motifs is 1. The van der Waals surface area contributed by atoms with Crippen LogP contribution in [0.3, 0.4) is 0 Å². The van der Waals surface area contributed by atoms with Crippen LogP contribution in [-0.2, 0) is 29.7 Å². The van der Waals surface area contributed by atoms with E-state index in [1.54, 1.807) is 15.6 Å². The number of carbonyl (C=O) groups is 3. The molecule has 26 heavy (non-hydrogen) atoms. The fourth-order valence-electron chi connectivity index (χ4n) is 3.70. The minimum atomic E-state index is -0.619. The van der Waals surface area contributed by atoms with Crippen molar-refractivity contribution in [2.45, 2.75) is 32.0 Å². The van der Waals surface area contributed by atoms with Gasteiger partial charge < -0.3 is 10.6 Å². The number of nitrogens with two attached hydrogens (primary N) is 1. The summed E-state index contributed by atoms with van der Waals surface area (Å²) >= 11 is 0. The van der Waals surface area contributed by atoms with E-state index in [0.717, 1.165) is 22.5 Å². The Kier molecular flexibility index (Phi) is 3.84. The highest BCUT2D eigenvalue weighted by Crippen LogP contribution is 2.34. The molecule has 2 aliphatic rings. The second-order valence-electron chi connectivity index (χ2n) is 6.58. The van der Waals surface area contributed by atoms with Crippen molar-refractivity contribution in [1.82, 2.24) is 20.0 Å². The second-order valence-corrected chi connectivity index (χ2v) is 6.58. The molecule has 3 amide bonds. The summed E-state index contributed by atoms with van der Waals surface area (Å²) in [6.45, 7) is 0.671. The van der Waals surface area contributed by atoms with Crippen molar-refractivity contribution >= 4 is 17.7 Å². The summed E-state index contributed by atoms with van der Waals surface area (Å²) < 4.78 is 1.75. The average molecular weight is 353 g/mol. The van der Waals surface area contributed by atoms with E-state index in [4.69, 9.17) is 5.73 Å². The monoisotopic (exact) mass is 353 g/mol. The highest BCUT2D eigenvalue weighted by Gasteiger charge is 2.40. The molecule has 8 heteroatoms. The van der Waals surface area contributed by atoms with E-state index in [1.165, 1.54) is 0 Å². The first kappa shape index (κ1) is 16.5. The van der Waals surface area contributed by atoms with Crippen LogP contribution in [0.1, 0.15) is 34.5 Å². The lowest BCUT2D eigenvalue weighted by molar-refractivity contribution is -0.136. The third-order valence-electron chi connectivity index (χ3n) is 5.00. The standard InChI is InChI=1S/C18H19N5O3/c1-22-15(7-10(8-19)21-22)11-3-2-4-12-13(11)9-23(18(12)26)14-5-6-16(24)20-17(14)25/h2-4,7,14H,5-6,8-9,19H2,1H3,(H,20,24,25). The first-order valence-electron chi connectivity index (χ1n) is 8.49. The molecule has 1 unspecified atom stereocenters. The van der Waals surface area contributed by atoms with Crippen molar-refractivity contribution in [2.24, 2.45) is 12.8 Å². The van der Waals surface area contributed by atoms with Gasteiger partial charge in [-0.05, 0) is 24.1 Å². The minimum Gasteiger partial charge on any atom is -0.325 e. The molecule has 0 saturated carbocycles. The molecule has 3 N–H and O–H groups in total. The summed E-state index contributed by atoms with van der Waals surface area (Å²) in [7, 11) is 1.84. The van der Waals surface area contributed by atoms with Crippen LogP contribution in [0.2, 0.25) is 0 Å². The van der Waals surface area contributed by atoms with Gasteiger partial charge in [-0.25, -0.2) is 0 Å². The highest BCUT2D eigenvalue weighted by molar-refractivity contribution is 6.06. The van der Waals surface area contributed by atoms with Crippen molar-refractivity contribution in [2.75, 3.05) is 0 Å². The van der Waals surface area contributed by atoms with E-state index in [9.17, 15) is 14.4 Å². The molecule has 3 heterocycles. The lowest BCUT2D eigenvalue weighted by Crippen LogP contribution is -2.52. The number of aromatic nitrogens is 2. The van der Waals surface area contributed by atoms with E-state index < -0.39 is 11.9 Å². The molecule has 0 aliphatic carbocycles. The molecule has 0 radical (unpaired) electrons. The molecule has 1 atom stereocenters. The normalized spacial score (nSPS) is 19.7. The Labute approximate surface area is 150 Å². The maximum absolute atomic E-state index is 12.9. The van der Waals surface area contributed by atoms with E-state index in [2.05, 4.69) is 10.4 Å². The molecular formula is C18H19N5O3. The minimum absolute atomic E-state index is 0.183. The zero-order valence-electron chi connectivity index (χ0n) is 14.4. The number of rotatable bonds is 3. The number of nitrogens with zero attached hydrogens (tertiary/aromatic N) is 3. The zero-order chi connectivity index (χ0) is 18.4. The van der Waals surface area contributed by atoms with E-state index in [1.807, 2.05) is 25.2 Å². The van der Waals surface area contributed by atoms with Gasteiger partial charge in [-0.1, -0.05) is 12.1 Å². The molecule has 2 aliphatic heterocycles. The summed E-state index contributed by atoms with van der Waals surface area (Å²) in [6.07, 6.45) is 0.591. The van der Waals surface area contributed by atoms with Gasteiger partial charge in [0.2, 0.25) is 11.8 Å². The van der Waals surface area contributed by atoms with E-state index >= 15 is 0 Å². The summed E-state index contributed by atoms with van der Waals surface area (Å²) in [5.41, 5.74) is 9.68. The molecule has 4 rings (SSSR count). The van der Waals surface area contributed by atoms with Crippen LogP contribution in [0.25, 0.3) is 11.3 Å². The molecule has 1 aromatic carbocycles. The smallest absolute Gasteiger partial charge is 0.255 e. The molecular weight excluding hydrogens is 334 g/mol. The predicted molar refractivity (Wildman–Crippen MR) is 92.6 cm³/mol. The summed E-state index contributed by atoms with van der Waals surface area (Å²) in [6, 6.07) is 6.83. The van der Waals surface area contributed by atoms with Crippen molar-refractivity contribution in [3.05, 3.63) is 41.1 Å². The number of hydrogen-bond acceptors (Lipinski definition) is 5. The molecule has 1 fully saturated rings. The molecule has 1 saturated heterocycles. The predicted octanol–water partition coefficient (Wildman–Crippen LogP) is 0.307. The maximum atomic E-state index is 12.9. The van der Waals surface area contributed by atoms with Crippen LogP contribution < -0.4 is 11.1 Å². The zero-order valence-corrected chi connectivity index (χ0v) is 14.4. The molecule has 134 valence electrons. The van der Waals surface area contributed by atoms with Crippen molar-refractivity contribution in [1.29, 1.82) is 0 Å². The number of benzene rings is 1. The maximum Gasteiger partial charge on any atom is 0.255 e. The second kappa shape index (κ2) is 6.06. The number of amides is 3. The fraction of sp³-hybridized carbons (Fsp3) is 0.333. The number of aryl methyl sites for hydroxylation is 1. The highest BCUT2D eigenvalue weighted by atomic mass is 16.2. The van der Waals surface area contributed by atoms with Crippen LogP contribution in [0, 0.1) is 0 Å². The lowest BCUT2D eigenvalue weighted by Gasteiger charge is -2.29. The summed E-state index contributed by atoms with van der Waals surface area (Å²) in [5, 5.41) is 6.69. The number of nitrogens with one attached hydrogen (secondary N) is 1. The summed E-state index contributed by atoms with van der Waals surface area (Å²) in [4.78, 5) is 38.0. The lowest BCUT2D eigenvalue weighted by atomic mass is 10.0. The van der Waals surface area contributed by atoms with Gasteiger partial charge in [0.05, 0.1) is 11.4 Å². The molecule has 0 bridgehead atoms. The SMILES string of the molecule is Cn1nc(CN)cc1-c1cccc2c1CN(C1CCC(=O)NC1=O)C2=O.